The maximum absolute atomic E-state index is 3.80. The molecule has 0 saturated heterocycles. The summed E-state index contributed by atoms with van der Waals surface area (Å²) >= 11 is 1.90. The highest BCUT2D eigenvalue weighted by molar-refractivity contribution is 7.26. The molecular weight excluding hydrogens is 529 g/mol. The second-order valence-corrected chi connectivity index (χ2v) is 12.0. The molecule has 1 aliphatic heterocycles. The SMILES string of the molecule is C1=C(c2cc(-n3c4ccccc4c4ccccc43)cc3c2sc2ccccc23)c2ccccc2NC1c1ccccc1. The first-order valence-corrected chi connectivity index (χ1v) is 15.2. The summed E-state index contributed by atoms with van der Waals surface area (Å²) in [6.45, 7) is 0. The Labute approximate surface area is 247 Å². The molecule has 1 N–H and O–H groups in total. The number of thiophene rings is 1. The molecule has 2 aromatic heterocycles. The highest BCUT2D eigenvalue weighted by Gasteiger charge is 2.24. The van der Waals surface area contributed by atoms with Gasteiger partial charge in [-0.25, -0.2) is 0 Å². The minimum Gasteiger partial charge on any atom is -0.374 e. The third kappa shape index (κ3) is 3.50. The molecule has 2 nitrogen and oxygen atoms in total. The molecule has 198 valence electrons. The molecule has 0 aliphatic carbocycles. The van der Waals surface area contributed by atoms with Crippen molar-refractivity contribution in [1.82, 2.24) is 4.57 Å². The van der Waals surface area contributed by atoms with Crippen molar-refractivity contribution in [3.8, 4) is 5.69 Å². The van der Waals surface area contributed by atoms with Gasteiger partial charge in [0.1, 0.15) is 0 Å². The van der Waals surface area contributed by atoms with Crippen molar-refractivity contribution in [2.45, 2.75) is 6.04 Å². The first kappa shape index (κ1) is 23.6. The number of nitrogens with one attached hydrogen (secondary N) is 1. The van der Waals surface area contributed by atoms with E-state index in [0.29, 0.717) is 0 Å². The molecule has 0 saturated carbocycles. The van der Waals surface area contributed by atoms with Crippen LogP contribution in [0.25, 0.3) is 53.2 Å². The van der Waals surface area contributed by atoms with E-state index in [2.05, 4.69) is 155 Å². The van der Waals surface area contributed by atoms with Crippen LogP contribution in [0.2, 0.25) is 0 Å². The molecule has 0 spiro atoms. The molecule has 9 rings (SSSR count). The van der Waals surface area contributed by atoms with Gasteiger partial charge in [-0.3, -0.25) is 0 Å². The third-order valence-electron chi connectivity index (χ3n) is 8.61. The number of para-hydroxylation sites is 3. The Hall–Kier alpha value is -5.12. The van der Waals surface area contributed by atoms with Crippen molar-refractivity contribution in [3.05, 3.63) is 162 Å². The normalized spacial score (nSPS) is 14.8. The largest absolute Gasteiger partial charge is 0.374 e. The molecule has 1 atom stereocenters. The van der Waals surface area contributed by atoms with Crippen LogP contribution in [0.3, 0.4) is 0 Å². The topological polar surface area (TPSA) is 17.0 Å². The fourth-order valence-electron chi connectivity index (χ4n) is 6.73. The van der Waals surface area contributed by atoms with Crippen LogP contribution in [-0.4, -0.2) is 4.57 Å². The maximum atomic E-state index is 3.80. The zero-order chi connectivity index (χ0) is 27.6. The van der Waals surface area contributed by atoms with E-state index < -0.39 is 0 Å². The number of benzene rings is 6. The van der Waals surface area contributed by atoms with Crippen LogP contribution in [-0.2, 0) is 0 Å². The van der Waals surface area contributed by atoms with E-state index in [-0.39, 0.29) is 6.04 Å². The lowest BCUT2D eigenvalue weighted by molar-refractivity contribution is 0.973. The zero-order valence-corrected chi connectivity index (χ0v) is 23.6. The average molecular weight is 555 g/mol. The molecule has 3 heterocycles. The minimum atomic E-state index is 0.0809. The van der Waals surface area contributed by atoms with Gasteiger partial charge in [0.15, 0.2) is 0 Å². The molecule has 42 heavy (non-hydrogen) atoms. The van der Waals surface area contributed by atoms with Gasteiger partial charge in [0.05, 0.1) is 17.1 Å². The average Bonchev–Trinajstić information content (AvgIpc) is 3.60. The fourth-order valence-corrected chi connectivity index (χ4v) is 7.94. The van der Waals surface area contributed by atoms with Crippen molar-refractivity contribution < 1.29 is 0 Å². The second-order valence-electron chi connectivity index (χ2n) is 11.0. The van der Waals surface area contributed by atoms with Crippen LogP contribution in [0.1, 0.15) is 22.7 Å². The first-order valence-electron chi connectivity index (χ1n) is 14.4. The van der Waals surface area contributed by atoms with Gasteiger partial charge < -0.3 is 9.88 Å². The van der Waals surface area contributed by atoms with Crippen molar-refractivity contribution >= 4 is 64.6 Å². The van der Waals surface area contributed by atoms with E-state index in [0.717, 1.165) is 0 Å². The van der Waals surface area contributed by atoms with E-state index in [9.17, 15) is 0 Å². The predicted molar refractivity (Wildman–Crippen MR) is 180 cm³/mol. The van der Waals surface area contributed by atoms with Gasteiger partial charge in [-0.2, -0.15) is 0 Å². The van der Waals surface area contributed by atoms with E-state index in [1.165, 1.54) is 75.6 Å². The molecule has 0 radical (unpaired) electrons. The van der Waals surface area contributed by atoms with E-state index >= 15 is 0 Å². The Balaban J connectivity index is 1.40. The second kappa shape index (κ2) is 9.20. The number of hydrogen-bond acceptors (Lipinski definition) is 2. The molecule has 3 heteroatoms. The molecule has 0 amide bonds. The lowest BCUT2D eigenvalue weighted by atomic mass is 9.88. The highest BCUT2D eigenvalue weighted by atomic mass is 32.1. The van der Waals surface area contributed by atoms with Gasteiger partial charge >= 0.3 is 0 Å². The van der Waals surface area contributed by atoms with Gasteiger partial charge in [0, 0.05) is 53.4 Å². The summed E-state index contributed by atoms with van der Waals surface area (Å²) in [6, 6.07) is 50.8. The predicted octanol–water partition coefficient (Wildman–Crippen LogP) is 10.8. The van der Waals surface area contributed by atoms with Crippen molar-refractivity contribution in [2.24, 2.45) is 0 Å². The van der Waals surface area contributed by atoms with Gasteiger partial charge in [-0.05, 0) is 53.6 Å². The smallest absolute Gasteiger partial charge is 0.0707 e. The van der Waals surface area contributed by atoms with Crippen LogP contribution in [0.4, 0.5) is 5.69 Å². The molecular formula is C39H26N2S. The number of fused-ring (bicyclic) bond motifs is 7. The van der Waals surface area contributed by atoms with Crippen LogP contribution in [0.15, 0.2) is 146 Å². The number of nitrogens with zero attached hydrogens (tertiary/aromatic N) is 1. The Bertz CT molecular complexity index is 2290. The fraction of sp³-hybridized carbons (Fsp3) is 0.0256. The lowest BCUT2D eigenvalue weighted by Crippen LogP contribution is -2.15. The van der Waals surface area contributed by atoms with Crippen molar-refractivity contribution in [3.63, 3.8) is 0 Å². The van der Waals surface area contributed by atoms with Gasteiger partial charge in [0.25, 0.3) is 0 Å². The minimum absolute atomic E-state index is 0.0809. The number of aromatic nitrogens is 1. The van der Waals surface area contributed by atoms with E-state index in [1.54, 1.807) is 0 Å². The van der Waals surface area contributed by atoms with Crippen LogP contribution in [0, 0.1) is 0 Å². The number of rotatable bonds is 3. The van der Waals surface area contributed by atoms with Gasteiger partial charge in [-0.1, -0.05) is 103 Å². The van der Waals surface area contributed by atoms with Crippen molar-refractivity contribution in [1.29, 1.82) is 0 Å². The summed E-state index contributed by atoms with van der Waals surface area (Å²) in [7, 11) is 0. The highest BCUT2D eigenvalue weighted by Crippen LogP contribution is 2.46. The Morgan fingerprint density at radius 1 is 0.548 bits per heavy atom. The summed E-state index contributed by atoms with van der Waals surface area (Å²) in [6.07, 6.45) is 2.42. The Morgan fingerprint density at radius 3 is 1.98 bits per heavy atom. The molecule has 8 aromatic rings. The van der Waals surface area contributed by atoms with Gasteiger partial charge in [0.2, 0.25) is 0 Å². The van der Waals surface area contributed by atoms with Gasteiger partial charge in [-0.15, -0.1) is 11.3 Å². The quantitative estimate of drug-likeness (QED) is 0.230. The molecule has 0 fully saturated rings. The Morgan fingerprint density at radius 2 is 1.19 bits per heavy atom. The summed E-state index contributed by atoms with van der Waals surface area (Å²) in [4.78, 5) is 0. The molecule has 6 aromatic carbocycles. The van der Waals surface area contributed by atoms with Crippen LogP contribution < -0.4 is 5.32 Å². The lowest BCUT2D eigenvalue weighted by Gasteiger charge is -2.27. The summed E-state index contributed by atoms with van der Waals surface area (Å²) in [5.74, 6) is 0. The zero-order valence-electron chi connectivity index (χ0n) is 22.8. The Kier molecular flexibility index (Phi) is 5.16. The molecule has 0 bridgehead atoms. The third-order valence-corrected chi connectivity index (χ3v) is 9.83. The van der Waals surface area contributed by atoms with E-state index in [4.69, 9.17) is 0 Å². The molecule has 1 unspecified atom stereocenters. The maximum Gasteiger partial charge on any atom is 0.0707 e. The van der Waals surface area contributed by atoms with Crippen LogP contribution >= 0.6 is 11.3 Å². The number of anilines is 1. The standard InChI is InChI=1S/C39H26N2S/c1-2-12-25(13-3-1)35-24-31(27-14-4-8-18-34(27)40-35)33-23-26(22-32-30-17-7-11-21-38(30)42-39(32)33)41-36-19-9-5-15-28(36)29-16-6-10-20-37(29)41/h1-24,35,40H. The van der Waals surface area contributed by atoms with E-state index in [1.807, 2.05) is 11.3 Å². The first-order chi connectivity index (χ1) is 20.8. The summed E-state index contributed by atoms with van der Waals surface area (Å²) < 4.78 is 5.09. The van der Waals surface area contributed by atoms with Crippen molar-refractivity contribution in [2.75, 3.05) is 5.32 Å². The monoisotopic (exact) mass is 554 g/mol. The molecule has 1 aliphatic rings. The summed E-state index contributed by atoms with van der Waals surface area (Å²) in [5, 5.41) is 8.97. The van der Waals surface area contributed by atoms with Crippen LogP contribution in [0.5, 0.6) is 0 Å². The summed E-state index contributed by atoms with van der Waals surface area (Å²) in [5.41, 5.74) is 9.86. The number of hydrogen-bond donors (Lipinski definition) is 1.